The topological polar surface area (TPSA) is 58.2 Å². The lowest BCUT2D eigenvalue weighted by Gasteiger charge is -2.16. The molecule has 2 N–H and O–H groups in total. The van der Waals surface area contributed by atoms with Crippen LogP contribution < -0.4 is 10.6 Å². The minimum absolute atomic E-state index is 0.0524. The third kappa shape index (κ3) is 4.91. The number of rotatable bonds is 5. The van der Waals surface area contributed by atoms with Crippen LogP contribution in [0.25, 0.3) is 0 Å². The number of thiophene rings is 2. The summed E-state index contributed by atoms with van der Waals surface area (Å²) in [5.74, 6) is -0.135. The molecule has 0 saturated carbocycles. The molecule has 2 aromatic rings. The van der Waals surface area contributed by atoms with Crippen molar-refractivity contribution in [3.05, 3.63) is 38.9 Å². The van der Waals surface area contributed by atoms with Gasteiger partial charge >= 0.3 is 0 Å². The summed E-state index contributed by atoms with van der Waals surface area (Å²) >= 11 is 3.01. The molecule has 124 valence electrons. The van der Waals surface area contributed by atoms with Crippen molar-refractivity contribution in [2.75, 3.05) is 11.9 Å². The van der Waals surface area contributed by atoms with E-state index in [0.29, 0.717) is 16.4 Å². The Hall–Kier alpha value is -1.66. The van der Waals surface area contributed by atoms with Crippen molar-refractivity contribution >= 4 is 39.5 Å². The van der Waals surface area contributed by atoms with E-state index in [2.05, 4.69) is 16.7 Å². The van der Waals surface area contributed by atoms with Gasteiger partial charge in [-0.1, -0.05) is 26.8 Å². The van der Waals surface area contributed by atoms with Gasteiger partial charge in [0.15, 0.2) is 0 Å². The Balaban J connectivity index is 1.94. The van der Waals surface area contributed by atoms with Crippen molar-refractivity contribution in [3.63, 3.8) is 0 Å². The summed E-state index contributed by atoms with van der Waals surface area (Å²) in [6.07, 6.45) is 0.835. The fraction of sp³-hybridized carbons (Fsp3) is 0.412. The molecule has 0 aliphatic heterocycles. The lowest BCUT2D eigenvalue weighted by Crippen LogP contribution is -2.27. The van der Waals surface area contributed by atoms with Crippen LogP contribution in [0.3, 0.4) is 0 Å². The van der Waals surface area contributed by atoms with Gasteiger partial charge < -0.3 is 10.6 Å². The van der Waals surface area contributed by atoms with Crippen molar-refractivity contribution in [3.8, 4) is 0 Å². The smallest absolute Gasteiger partial charge is 0.261 e. The van der Waals surface area contributed by atoms with Gasteiger partial charge in [0, 0.05) is 16.8 Å². The van der Waals surface area contributed by atoms with E-state index in [1.807, 2.05) is 45.2 Å². The highest BCUT2D eigenvalue weighted by Gasteiger charge is 2.22. The average Bonchev–Trinajstić information content (AvgIpc) is 3.07. The molecular weight excluding hydrogens is 328 g/mol. The van der Waals surface area contributed by atoms with Crippen LogP contribution in [0.2, 0.25) is 0 Å². The number of aryl methyl sites for hydroxylation is 1. The summed E-state index contributed by atoms with van der Waals surface area (Å²) in [5.41, 5.74) is 0.425. The zero-order chi connectivity index (χ0) is 17.0. The maximum absolute atomic E-state index is 12.3. The molecule has 0 unspecified atom stereocenters. The molecule has 0 aliphatic carbocycles. The van der Waals surface area contributed by atoms with E-state index in [4.69, 9.17) is 0 Å². The first-order valence-electron chi connectivity index (χ1n) is 7.50. The average molecular weight is 351 g/mol. The molecule has 0 spiro atoms. The zero-order valence-electron chi connectivity index (χ0n) is 13.9. The van der Waals surface area contributed by atoms with Gasteiger partial charge in [-0.2, -0.15) is 0 Å². The fourth-order valence-electron chi connectivity index (χ4n) is 1.90. The monoisotopic (exact) mass is 350 g/mol. The quantitative estimate of drug-likeness (QED) is 0.854. The first-order valence-corrected chi connectivity index (χ1v) is 9.19. The highest BCUT2D eigenvalue weighted by Crippen LogP contribution is 2.28. The Morgan fingerprint density at radius 2 is 2.00 bits per heavy atom. The largest absolute Gasteiger partial charge is 0.351 e. The predicted molar refractivity (Wildman–Crippen MR) is 97.5 cm³/mol. The molecule has 2 rings (SSSR count). The van der Waals surface area contributed by atoms with Crippen LogP contribution in [0.4, 0.5) is 5.00 Å². The zero-order valence-corrected chi connectivity index (χ0v) is 15.5. The molecule has 2 aromatic heterocycles. The molecule has 2 heterocycles. The molecule has 23 heavy (non-hydrogen) atoms. The number of hydrogen-bond donors (Lipinski definition) is 2. The molecule has 0 aliphatic rings. The molecule has 0 fully saturated rings. The molecule has 0 aromatic carbocycles. The maximum Gasteiger partial charge on any atom is 0.261 e. The van der Waals surface area contributed by atoms with Crippen molar-refractivity contribution in [2.45, 2.75) is 34.1 Å². The van der Waals surface area contributed by atoms with Crippen LogP contribution in [0.15, 0.2) is 23.6 Å². The van der Waals surface area contributed by atoms with E-state index in [0.717, 1.165) is 12.0 Å². The molecule has 6 heteroatoms. The van der Waals surface area contributed by atoms with E-state index < -0.39 is 5.41 Å². The minimum atomic E-state index is -0.457. The van der Waals surface area contributed by atoms with Gasteiger partial charge in [0.1, 0.15) is 0 Å². The van der Waals surface area contributed by atoms with Crippen LogP contribution >= 0.6 is 22.7 Å². The van der Waals surface area contributed by atoms with Crippen molar-refractivity contribution in [2.24, 2.45) is 5.41 Å². The van der Waals surface area contributed by atoms with Crippen molar-refractivity contribution in [1.29, 1.82) is 0 Å². The van der Waals surface area contributed by atoms with Crippen LogP contribution in [0, 0.1) is 12.3 Å². The number of amides is 2. The van der Waals surface area contributed by atoms with E-state index in [1.54, 1.807) is 11.3 Å². The SMILES string of the molecule is Cc1cc(NC(=O)C(C)(C)C)sc1C(=O)NCCc1cccs1. The van der Waals surface area contributed by atoms with Crippen LogP contribution in [0.5, 0.6) is 0 Å². The van der Waals surface area contributed by atoms with Crippen molar-refractivity contribution in [1.82, 2.24) is 5.32 Å². The Labute approximate surface area is 144 Å². The highest BCUT2D eigenvalue weighted by molar-refractivity contribution is 7.18. The Kier molecular flexibility index (Phi) is 5.59. The lowest BCUT2D eigenvalue weighted by atomic mass is 9.96. The molecule has 0 saturated heterocycles. The van der Waals surface area contributed by atoms with Gasteiger partial charge in [0.25, 0.3) is 5.91 Å². The molecular formula is C17H22N2O2S2. The third-order valence-corrected chi connectivity index (χ3v) is 5.37. The van der Waals surface area contributed by atoms with E-state index >= 15 is 0 Å². The second-order valence-corrected chi connectivity index (χ2v) is 8.50. The standard InChI is InChI=1S/C17H22N2O2S2/c1-11-10-13(19-16(21)17(2,3)4)23-14(11)15(20)18-8-7-12-6-5-9-22-12/h5-6,9-10H,7-8H2,1-4H3,(H,18,20)(H,19,21). The normalized spacial score (nSPS) is 11.3. The third-order valence-electron chi connectivity index (χ3n) is 3.28. The number of carbonyl (C=O) groups is 2. The lowest BCUT2D eigenvalue weighted by molar-refractivity contribution is -0.123. The maximum atomic E-state index is 12.3. The summed E-state index contributed by atoms with van der Waals surface area (Å²) in [6, 6.07) is 5.92. The summed E-state index contributed by atoms with van der Waals surface area (Å²) < 4.78 is 0. The van der Waals surface area contributed by atoms with Crippen LogP contribution in [-0.4, -0.2) is 18.4 Å². The molecule has 4 nitrogen and oxygen atoms in total. The summed E-state index contributed by atoms with van der Waals surface area (Å²) in [4.78, 5) is 26.2. The Bertz CT molecular complexity index is 682. The second kappa shape index (κ2) is 7.27. The molecule has 2 amide bonds. The van der Waals surface area contributed by atoms with Gasteiger partial charge in [0.2, 0.25) is 5.91 Å². The Morgan fingerprint density at radius 3 is 2.61 bits per heavy atom. The first kappa shape index (κ1) is 17.7. The van der Waals surface area contributed by atoms with Gasteiger partial charge in [-0.05, 0) is 36.4 Å². The van der Waals surface area contributed by atoms with Gasteiger partial charge in [-0.15, -0.1) is 22.7 Å². The predicted octanol–water partition coefficient (Wildman–Crippen LogP) is 4.08. The summed E-state index contributed by atoms with van der Waals surface area (Å²) in [7, 11) is 0. The van der Waals surface area contributed by atoms with Crippen LogP contribution in [-0.2, 0) is 11.2 Å². The minimum Gasteiger partial charge on any atom is -0.351 e. The highest BCUT2D eigenvalue weighted by atomic mass is 32.1. The van der Waals surface area contributed by atoms with E-state index in [1.165, 1.54) is 16.2 Å². The number of anilines is 1. The van der Waals surface area contributed by atoms with E-state index in [9.17, 15) is 9.59 Å². The summed E-state index contributed by atoms with van der Waals surface area (Å²) in [6.45, 7) is 8.08. The fourth-order valence-corrected chi connectivity index (χ4v) is 3.60. The number of nitrogens with one attached hydrogen (secondary N) is 2. The van der Waals surface area contributed by atoms with Gasteiger partial charge in [-0.25, -0.2) is 0 Å². The summed E-state index contributed by atoms with van der Waals surface area (Å²) in [5, 5.41) is 8.56. The molecule has 0 bridgehead atoms. The number of hydrogen-bond acceptors (Lipinski definition) is 4. The van der Waals surface area contributed by atoms with Gasteiger partial charge in [0.05, 0.1) is 9.88 Å². The molecule has 0 radical (unpaired) electrons. The molecule has 0 atom stereocenters. The number of carbonyl (C=O) groups excluding carboxylic acids is 2. The van der Waals surface area contributed by atoms with Crippen LogP contribution in [0.1, 0.15) is 40.9 Å². The second-order valence-electron chi connectivity index (χ2n) is 6.41. The van der Waals surface area contributed by atoms with E-state index in [-0.39, 0.29) is 11.8 Å². The Morgan fingerprint density at radius 1 is 1.26 bits per heavy atom. The van der Waals surface area contributed by atoms with Crippen molar-refractivity contribution < 1.29 is 9.59 Å². The first-order chi connectivity index (χ1) is 10.8. The van der Waals surface area contributed by atoms with Gasteiger partial charge in [-0.3, -0.25) is 9.59 Å².